The summed E-state index contributed by atoms with van der Waals surface area (Å²) in [6.07, 6.45) is 3.12. The van der Waals surface area contributed by atoms with Crippen LogP contribution in [0.4, 0.5) is 0 Å². The van der Waals surface area contributed by atoms with E-state index in [0.717, 1.165) is 0 Å². The highest BCUT2D eigenvalue weighted by molar-refractivity contribution is 6.39. The van der Waals surface area contributed by atoms with E-state index in [-0.39, 0.29) is 21.2 Å². The summed E-state index contributed by atoms with van der Waals surface area (Å²) >= 11 is 11.2. The third kappa shape index (κ3) is 1.49. The van der Waals surface area contributed by atoms with Crippen molar-refractivity contribution in [2.24, 2.45) is 0 Å². The second-order valence-corrected chi connectivity index (χ2v) is 2.77. The van der Waals surface area contributed by atoms with Gasteiger partial charge in [-0.3, -0.25) is 9.59 Å². The molecule has 0 aliphatic rings. The highest BCUT2D eigenvalue weighted by Gasteiger charge is 2.09. The predicted molar refractivity (Wildman–Crippen MR) is 46.1 cm³/mol. The minimum absolute atomic E-state index is 0.000756. The lowest BCUT2D eigenvalue weighted by atomic mass is 10.1. The van der Waals surface area contributed by atoms with E-state index in [2.05, 4.69) is 0 Å². The average Bonchev–Trinajstić information content (AvgIpc) is 2.06. The number of halogens is 2. The molecule has 0 saturated carbocycles. The molecule has 0 heterocycles. The zero-order valence-electron chi connectivity index (χ0n) is 5.73. The fraction of sp³-hybridized carbons (Fsp3) is 0. The van der Waals surface area contributed by atoms with E-state index in [1.807, 2.05) is 0 Å². The maximum Gasteiger partial charge on any atom is 0.236 e. The Morgan fingerprint density at radius 3 is 2.25 bits per heavy atom. The van der Waals surface area contributed by atoms with Gasteiger partial charge in [-0.15, -0.1) is 0 Å². The van der Waals surface area contributed by atoms with E-state index in [0.29, 0.717) is 0 Å². The predicted octanol–water partition coefficient (Wildman–Crippen LogP) is 1.91. The van der Waals surface area contributed by atoms with Crippen LogP contribution in [-0.4, -0.2) is 12.6 Å². The maximum absolute atomic E-state index is 10.3. The maximum atomic E-state index is 10.3. The van der Waals surface area contributed by atoms with Gasteiger partial charge in [0.15, 0.2) is 0 Å². The standard InChI is InChI=1S/C8H2Cl2O2/c9-7-2-1-5(3-11)8(10)6(7)4-12/h1-2H. The van der Waals surface area contributed by atoms with Crippen LogP contribution >= 0.6 is 23.2 Å². The smallest absolute Gasteiger partial charge is 0.236 e. The van der Waals surface area contributed by atoms with E-state index in [4.69, 9.17) is 23.2 Å². The minimum atomic E-state index is -0.00694. The second kappa shape index (κ2) is 3.70. The molecule has 0 N–H and O–H groups in total. The summed E-state index contributed by atoms with van der Waals surface area (Å²) in [6.45, 7) is 0. The van der Waals surface area contributed by atoms with Crippen molar-refractivity contribution in [2.75, 3.05) is 0 Å². The van der Waals surface area contributed by atoms with Crippen LogP contribution in [0.1, 0.15) is 11.1 Å². The Morgan fingerprint density at radius 2 is 1.75 bits per heavy atom. The van der Waals surface area contributed by atoms with Crippen molar-refractivity contribution in [1.29, 1.82) is 0 Å². The second-order valence-electron chi connectivity index (χ2n) is 1.99. The van der Waals surface area contributed by atoms with Crippen molar-refractivity contribution < 1.29 is 9.59 Å². The van der Waals surface area contributed by atoms with E-state index in [1.165, 1.54) is 12.1 Å². The summed E-state index contributed by atoms with van der Waals surface area (Å²) in [5, 5.41) is 0.168. The van der Waals surface area contributed by atoms with Gasteiger partial charge < -0.3 is 0 Å². The van der Waals surface area contributed by atoms with Gasteiger partial charge in [0.1, 0.15) is 0 Å². The van der Waals surface area contributed by atoms with E-state index in [9.17, 15) is 9.59 Å². The van der Waals surface area contributed by atoms with E-state index >= 15 is 0 Å². The van der Waals surface area contributed by atoms with Gasteiger partial charge in [0.05, 0.1) is 15.6 Å². The molecule has 1 aromatic rings. The first kappa shape index (κ1) is 9.23. The summed E-state index contributed by atoms with van der Waals surface area (Å²) < 4.78 is 0. The van der Waals surface area contributed by atoms with Gasteiger partial charge in [-0.1, -0.05) is 23.2 Å². The van der Waals surface area contributed by atoms with Gasteiger partial charge in [-0.05, 0) is 12.1 Å². The number of hydrogen-bond donors (Lipinski definition) is 0. The van der Waals surface area contributed by atoms with Crippen molar-refractivity contribution in [3.05, 3.63) is 33.3 Å². The van der Waals surface area contributed by atoms with Gasteiger partial charge >= 0.3 is 0 Å². The van der Waals surface area contributed by atoms with Crippen molar-refractivity contribution in [2.45, 2.75) is 0 Å². The van der Waals surface area contributed by atoms with Gasteiger partial charge in [0.25, 0.3) is 0 Å². The van der Waals surface area contributed by atoms with Gasteiger partial charge in [0.2, 0.25) is 12.6 Å². The van der Waals surface area contributed by atoms with E-state index in [1.54, 1.807) is 12.6 Å². The first-order valence-corrected chi connectivity index (χ1v) is 3.70. The highest BCUT2D eigenvalue weighted by Crippen LogP contribution is 2.25. The molecule has 1 rings (SSSR count). The van der Waals surface area contributed by atoms with Crippen LogP contribution in [-0.2, 0) is 9.59 Å². The van der Waals surface area contributed by atoms with Crippen molar-refractivity contribution in [3.63, 3.8) is 0 Å². The lowest BCUT2D eigenvalue weighted by Gasteiger charge is -1.99. The summed E-state index contributed by atoms with van der Waals surface area (Å²) in [6, 6.07) is 2.78. The molecular formula is C8H2Cl2O2. The molecule has 0 aliphatic carbocycles. The van der Waals surface area contributed by atoms with Gasteiger partial charge in [-0.2, -0.15) is 0 Å². The molecule has 0 unspecified atom stereocenters. The van der Waals surface area contributed by atoms with Crippen LogP contribution in [0.15, 0.2) is 12.1 Å². The molecule has 60 valence electrons. The molecule has 1 aromatic carbocycles. The van der Waals surface area contributed by atoms with Crippen molar-refractivity contribution >= 4 is 35.8 Å². The molecule has 0 aliphatic heterocycles. The zero-order chi connectivity index (χ0) is 9.14. The number of benzene rings is 1. The van der Waals surface area contributed by atoms with Crippen LogP contribution in [0.5, 0.6) is 0 Å². The molecule has 4 heteroatoms. The lowest BCUT2D eigenvalue weighted by Crippen LogP contribution is -1.90. The summed E-state index contributed by atoms with van der Waals surface area (Å²) in [4.78, 5) is 20.5. The fourth-order valence-corrected chi connectivity index (χ4v) is 1.21. The van der Waals surface area contributed by atoms with Gasteiger partial charge in [-0.25, -0.2) is 0 Å². The fourth-order valence-electron chi connectivity index (χ4n) is 0.725. The number of carbonyl (C=O) groups excluding carboxylic acids is 2. The molecule has 0 bridgehead atoms. The Hall–Kier alpha value is -0.860. The molecule has 0 spiro atoms. The molecule has 0 aromatic heterocycles. The molecular weight excluding hydrogens is 199 g/mol. The lowest BCUT2D eigenvalue weighted by molar-refractivity contribution is 0.562. The Balaban J connectivity index is 3.43. The molecule has 0 saturated heterocycles. The third-order valence-corrected chi connectivity index (χ3v) is 2.01. The molecule has 2 radical (unpaired) electrons. The average molecular weight is 201 g/mol. The van der Waals surface area contributed by atoms with Crippen molar-refractivity contribution in [3.8, 4) is 0 Å². The van der Waals surface area contributed by atoms with Crippen LogP contribution in [0, 0.1) is 0 Å². The topological polar surface area (TPSA) is 34.1 Å². The monoisotopic (exact) mass is 200 g/mol. The Morgan fingerprint density at radius 1 is 1.08 bits per heavy atom. The van der Waals surface area contributed by atoms with Crippen LogP contribution in [0.3, 0.4) is 0 Å². The summed E-state index contributed by atoms with van der Waals surface area (Å²) in [5.41, 5.74) is 0.110. The van der Waals surface area contributed by atoms with Crippen LogP contribution in [0.25, 0.3) is 0 Å². The molecule has 12 heavy (non-hydrogen) atoms. The molecule has 0 fully saturated rings. The number of rotatable bonds is 2. The largest absolute Gasteiger partial charge is 0.285 e. The summed E-state index contributed by atoms with van der Waals surface area (Å²) in [7, 11) is 0. The SMILES string of the molecule is O=[C]c1ccc(Cl)c([C]=O)c1Cl. The molecule has 0 amide bonds. The van der Waals surface area contributed by atoms with Gasteiger partial charge in [0, 0.05) is 5.56 Å². The first-order chi connectivity index (χ1) is 5.70. The van der Waals surface area contributed by atoms with Crippen LogP contribution < -0.4 is 0 Å². The summed E-state index contributed by atoms with van der Waals surface area (Å²) in [5.74, 6) is 0. The molecule has 2 nitrogen and oxygen atoms in total. The molecule has 0 atom stereocenters. The quantitative estimate of drug-likeness (QED) is 0.732. The zero-order valence-corrected chi connectivity index (χ0v) is 7.24. The van der Waals surface area contributed by atoms with E-state index < -0.39 is 0 Å². The highest BCUT2D eigenvalue weighted by atomic mass is 35.5. The van der Waals surface area contributed by atoms with Crippen LogP contribution in [0.2, 0.25) is 10.0 Å². The minimum Gasteiger partial charge on any atom is -0.285 e. The normalized spacial score (nSPS) is 9.50. The Bertz CT molecular complexity index is 334. The third-order valence-electron chi connectivity index (χ3n) is 1.30. The Kier molecular flexibility index (Phi) is 2.84. The number of hydrogen-bond acceptors (Lipinski definition) is 2. The Labute approximate surface area is 79.1 Å². The van der Waals surface area contributed by atoms with Crippen molar-refractivity contribution in [1.82, 2.24) is 0 Å². The first-order valence-electron chi connectivity index (χ1n) is 2.95.